The molecule has 1 amide bonds. The van der Waals surface area contributed by atoms with Crippen LogP contribution in [0.15, 0.2) is 47.6 Å². The molecule has 2 aromatic rings. The monoisotopic (exact) mass is 477 g/mol. The highest BCUT2D eigenvalue weighted by Gasteiger charge is 2.32. The first-order valence-electron chi connectivity index (χ1n) is 10.7. The molecule has 0 radical (unpaired) electrons. The zero-order valence-electron chi connectivity index (χ0n) is 19.1. The molecule has 0 saturated carbocycles. The minimum absolute atomic E-state index is 0.135. The summed E-state index contributed by atoms with van der Waals surface area (Å²) < 4.78 is 38.5. The van der Waals surface area contributed by atoms with Crippen molar-refractivity contribution in [3.05, 3.63) is 69.8 Å². The number of amides is 1. The van der Waals surface area contributed by atoms with Gasteiger partial charge in [-0.2, -0.15) is 18.3 Å². The van der Waals surface area contributed by atoms with Gasteiger partial charge < -0.3 is 4.90 Å². The fourth-order valence-electron chi connectivity index (χ4n) is 4.10. The Kier molecular flexibility index (Phi) is 7.22. The normalized spacial score (nSPS) is 15.4. The third kappa shape index (κ3) is 5.77. The van der Waals surface area contributed by atoms with Crippen molar-refractivity contribution in [2.75, 3.05) is 11.4 Å². The van der Waals surface area contributed by atoms with Crippen molar-refractivity contribution < 1.29 is 18.0 Å². The molecule has 33 heavy (non-hydrogen) atoms. The number of rotatable bonds is 6. The topological polar surface area (TPSA) is 44.7 Å². The number of nitrogens with one attached hydrogen (secondary N) is 1. The van der Waals surface area contributed by atoms with Crippen LogP contribution in [0.2, 0.25) is 5.02 Å². The van der Waals surface area contributed by atoms with Gasteiger partial charge in [0.2, 0.25) is 5.91 Å². The maximum atomic E-state index is 12.8. The Morgan fingerprint density at radius 3 is 2.64 bits per heavy atom. The minimum Gasteiger partial charge on any atom is -0.362 e. The van der Waals surface area contributed by atoms with E-state index in [4.69, 9.17) is 11.6 Å². The first kappa shape index (κ1) is 24.8. The minimum atomic E-state index is -4.46. The molecule has 0 fully saturated rings. The number of hydrogen-bond donors (Lipinski definition) is 1. The molecule has 2 aromatic carbocycles. The van der Waals surface area contributed by atoms with E-state index in [2.05, 4.69) is 49.2 Å². The third-order valence-corrected chi connectivity index (χ3v) is 5.88. The molecule has 0 saturated heterocycles. The summed E-state index contributed by atoms with van der Waals surface area (Å²) in [5, 5.41) is 4.46. The van der Waals surface area contributed by atoms with E-state index >= 15 is 0 Å². The summed E-state index contributed by atoms with van der Waals surface area (Å²) in [4.78, 5) is 14.5. The van der Waals surface area contributed by atoms with Crippen LogP contribution in [0.5, 0.6) is 0 Å². The van der Waals surface area contributed by atoms with E-state index in [1.54, 1.807) is 0 Å². The number of halogens is 4. The number of carbonyl (C=O) groups is 1. The van der Waals surface area contributed by atoms with E-state index in [9.17, 15) is 18.0 Å². The first-order valence-corrected chi connectivity index (χ1v) is 11.1. The lowest BCUT2D eigenvalue weighted by Crippen LogP contribution is -2.45. The number of allylic oxidation sites excluding steroid dienone is 1. The van der Waals surface area contributed by atoms with Crippen molar-refractivity contribution in [2.24, 2.45) is 5.10 Å². The van der Waals surface area contributed by atoms with E-state index < -0.39 is 17.6 Å². The second-order valence-electron chi connectivity index (χ2n) is 8.69. The fourth-order valence-corrected chi connectivity index (χ4v) is 4.31. The van der Waals surface area contributed by atoms with Crippen LogP contribution in [0.25, 0.3) is 5.57 Å². The molecule has 0 aromatic heterocycles. The number of fused-ring (bicyclic) bond motifs is 1. The average Bonchev–Trinajstić information content (AvgIpc) is 2.71. The van der Waals surface area contributed by atoms with Crippen molar-refractivity contribution in [1.29, 1.82) is 0 Å². The van der Waals surface area contributed by atoms with Crippen molar-refractivity contribution in [3.8, 4) is 0 Å². The molecule has 0 spiro atoms. The number of alkyl halides is 3. The number of hydrazone groups is 1. The number of carbonyl (C=O) groups excluding carboxylic acids is 1. The van der Waals surface area contributed by atoms with Gasteiger partial charge in [-0.15, -0.1) is 0 Å². The molecule has 1 heterocycles. The summed E-state index contributed by atoms with van der Waals surface area (Å²) in [6, 6.07) is 8.53. The van der Waals surface area contributed by atoms with Crippen LogP contribution in [-0.2, 0) is 17.4 Å². The first-order chi connectivity index (χ1) is 15.4. The summed E-state index contributed by atoms with van der Waals surface area (Å²) in [7, 11) is 0. The smallest absolute Gasteiger partial charge is 0.362 e. The molecule has 0 unspecified atom stereocenters. The highest BCUT2D eigenvalue weighted by molar-refractivity contribution is 6.33. The van der Waals surface area contributed by atoms with E-state index in [1.165, 1.54) is 18.3 Å². The van der Waals surface area contributed by atoms with Crippen LogP contribution in [-0.4, -0.2) is 24.2 Å². The lowest BCUT2D eigenvalue weighted by molar-refractivity contribution is -0.137. The van der Waals surface area contributed by atoms with Gasteiger partial charge >= 0.3 is 6.18 Å². The molecule has 1 N–H and O–H groups in total. The standard InChI is InChI=1S/C25H27ClF3N3O/c1-5-9-32-22-13-21(26)18(12-20(22)16(2)14-24(32,3)4)15-30-31-23(33)11-17-7-6-8-19(10-17)25(27,28)29/h6-8,10,12-15H,5,9,11H2,1-4H3,(H,31,33)/b30-15+. The molecule has 1 aliphatic rings. The van der Waals surface area contributed by atoms with Crippen molar-refractivity contribution >= 4 is 35.0 Å². The molecule has 1 aliphatic heterocycles. The third-order valence-electron chi connectivity index (χ3n) is 5.56. The highest BCUT2D eigenvalue weighted by atomic mass is 35.5. The molecular formula is C25H27ClF3N3O. The molecule has 3 rings (SSSR count). The lowest BCUT2D eigenvalue weighted by atomic mass is 9.88. The highest BCUT2D eigenvalue weighted by Crippen LogP contribution is 2.41. The zero-order chi connectivity index (χ0) is 24.4. The van der Waals surface area contributed by atoms with Crippen LogP contribution in [0, 0.1) is 0 Å². The molecule has 0 bridgehead atoms. The molecular weight excluding hydrogens is 451 g/mol. The average molecular weight is 478 g/mol. The fraction of sp³-hybridized carbons (Fsp3) is 0.360. The SMILES string of the molecule is CCCN1c2cc(Cl)c(/C=N/NC(=O)Cc3cccc(C(F)(F)F)c3)cc2C(C)=CC1(C)C. The van der Waals surface area contributed by atoms with Gasteiger partial charge in [-0.05, 0) is 56.5 Å². The summed E-state index contributed by atoms with van der Waals surface area (Å²) in [5.74, 6) is -0.522. The molecule has 0 aliphatic carbocycles. The van der Waals surface area contributed by atoms with E-state index in [0.29, 0.717) is 10.6 Å². The van der Waals surface area contributed by atoms with Gasteiger partial charge in [0.1, 0.15) is 0 Å². The number of nitrogens with zero attached hydrogens (tertiary/aromatic N) is 2. The second kappa shape index (κ2) is 9.59. The van der Waals surface area contributed by atoms with E-state index in [1.807, 2.05) is 12.1 Å². The van der Waals surface area contributed by atoms with Gasteiger partial charge in [-0.3, -0.25) is 4.79 Å². The Balaban J connectivity index is 1.75. The zero-order valence-corrected chi connectivity index (χ0v) is 19.8. The van der Waals surface area contributed by atoms with Crippen LogP contribution in [0.1, 0.15) is 56.4 Å². The Morgan fingerprint density at radius 2 is 1.97 bits per heavy atom. The van der Waals surface area contributed by atoms with Crippen LogP contribution in [0.3, 0.4) is 0 Å². The Morgan fingerprint density at radius 1 is 1.24 bits per heavy atom. The predicted octanol–water partition coefficient (Wildman–Crippen LogP) is 6.46. The quantitative estimate of drug-likeness (QED) is 0.383. The molecule has 0 atom stereocenters. The Bertz CT molecular complexity index is 1110. The van der Waals surface area contributed by atoms with Crippen molar-refractivity contribution in [1.82, 2.24) is 5.43 Å². The van der Waals surface area contributed by atoms with Gasteiger partial charge in [0.25, 0.3) is 0 Å². The maximum Gasteiger partial charge on any atom is 0.416 e. The van der Waals surface area contributed by atoms with Crippen LogP contribution < -0.4 is 10.3 Å². The van der Waals surface area contributed by atoms with E-state index in [0.717, 1.165) is 41.9 Å². The summed E-state index contributed by atoms with van der Waals surface area (Å²) in [6.45, 7) is 9.40. The number of benzene rings is 2. The van der Waals surface area contributed by atoms with Gasteiger partial charge in [0, 0.05) is 23.4 Å². The Labute approximate surface area is 197 Å². The molecule has 176 valence electrons. The summed E-state index contributed by atoms with van der Waals surface area (Å²) in [5.41, 5.74) is 5.55. The number of hydrogen-bond acceptors (Lipinski definition) is 3. The summed E-state index contributed by atoms with van der Waals surface area (Å²) in [6.07, 6.45) is -0.0145. The van der Waals surface area contributed by atoms with Gasteiger partial charge in [-0.1, -0.05) is 42.8 Å². The van der Waals surface area contributed by atoms with Gasteiger partial charge in [0.05, 0.1) is 28.8 Å². The summed E-state index contributed by atoms with van der Waals surface area (Å²) >= 11 is 6.52. The van der Waals surface area contributed by atoms with Crippen molar-refractivity contribution in [2.45, 2.75) is 52.3 Å². The van der Waals surface area contributed by atoms with E-state index in [-0.39, 0.29) is 17.5 Å². The van der Waals surface area contributed by atoms with Crippen molar-refractivity contribution in [3.63, 3.8) is 0 Å². The van der Waals surface area contributed by atoms with Crippen LogP contribution in [0.4, 0.5) is 18.9 Å². The van der Waals surface area contributed by atoms with Crippen LogP contribution >= 0.6 is 11.6 Å². The predicted molar refractivity (Wildman–Crippen MR) is 128 cm³/mol. The second-order valence-corrected chi connectivity index (χ2v) is 9.10. The Hall–Kier alpha value is -2.80. The largest absolute Gasteiger partial charge is 0.416 e. The number of anilines is 1. The molecule has 4 nitrogen and oxygen atoms in total. The maximum absolute atomic E-state index is 12.8. The van der Waals surface area contributed by atoms with Gasteiger partial charge in [0.15, 0.2) is 0 Å². The lowest BCUT2D eigenvalue weighted by Gasteiger charge is -2.43. The van der Waals surface area contributed by atoms with Gasteiger partial charge in [-0.25, -0.2) is 5.43 Å². The molecule has 8 heteroatoms.